The molecule has 1 heterocycles. The van der Waals surface area contributed by atoms with Crippen molar-refractivity contribution in [2.24, 2.45) is 4.99 Å². The molecule has 1 aromatic rings. The molecule has 0 radical (unpaired) electrons. The van der Waals surface area contributed by atoms with Crippen LogP contribution >= 0.6 is 0 Å². The first-order valence-corrected chi connectivity index (χ1v) is 6.31. The Hall–Kier alpha value is -2.10. The quantitative estimate of drug-likeness (QED) is 0.449. The van der Waals surface area contributed by atoms with E-state index in [9.17, 15) is 0 Å². The Labute approximate surface area is 118 Å². The van der Waals surface area contributed by atoms with Gasteiger partial charge in [-0.15, -0.1) is 0 Å². The molecule has 106 valence electrons. The van der Waals surface area contributed by atoms with Gasteiger partial charge in [-0.1, -0.05) is 12.1 Å². The molecule has 1 fully saturated rings. The van der Waals surface area contributed by atoms with E-state index in [1.54, 1.807) is 13.3 Å². The fourth-order valence-electron chi connectivity index (χ4n) is 1.94. The molecule has 0 aromatic heterocycles. The van der Waals surface area contributed by atoms with Gasteiger partial charge < -0.3 is 19.1 Å². The summed E-state index contributed by atoms with van der Waals surface area (Å²) in [5.74, 6) is 0.811. The average molecular weight is 275 g/mol. The number of hydrogen-bond acceptors (Lipinski definition) is 5. The summed E-state index contributed by atoms with van der Waals surface area (Å²) in [5.41, 5.74) is 1.09. The van der Waals surface area contributed by atoms with Gasteiger partial charge in [0, 0.05) is 6.54 Å². The highest BCUT2D eigenvalue weighted by Crippen LogP contribution is 2.18. The van der Waals surface area contributed by atoms with Crippen molar-refractivity contribution in [3.63, 3.8) is 0 Å². The van der Waals surface area contributed by atoms with Crippen LogP contribution in [0, 0.1) is 11.5 Å². The SMILES string of the molecule is COc1ccc(CN(/C=N\C#N)CC2OC(C)O2)cc1. The molecule has 6 nitrogen and oxygen atoms in total. The molecule has 20 heavy (non-hydrogen) atoms. The summed E-state index contributed by atoms with van der Waals surface area (Å²) in [6.45, 7) is 2.99. The van der Waals surface area contributed by atoms with Crippen molar-refractivity contribution in [2.45, 2.75) is 26.0 Å². The van der Waals surface area contributed by atoms with E-state index in [1.807, 2.05) is 36.1 Å². The largest absolute Gasteiger partial charge is 0.497 e. The number of nitriles is 1. The van der Waals surface area contributed by atoms with Gasteiger partial charge in [-0.05, 0) is 24.6 Å². The van der Waals surface area contributed by atoms with Gasteiger partial charge in [-0.2, -0.15) is 10.3 Å². The lowest BCUT2D eigenvalue weighted by Gasteiger charge is -2.36. The minimum absolute atomic E-state index is 0.157. The average Bonchev–Trinajstić information content (AvgIpc) is 2.43. The molecule has 0 bridgehead atoms. The van der Waals surface area contributed by atoms with Crippen LogP contribution in [0.2, 0.25) is 0 Å². The Bertz CT molecular complexity index is 489. The number of ether oxygens (including phenoxy) is 3. The second kappa shape index (κ2) is 6.89. The zero-order valence-electron chi connectivity index (χ0n) is 11.5. The highest BCUT2D eigenvalue weighted by molar-refractivity contribution is 5.56. The highest BCUT2D eigenvalue weighted by Gasteiger charge is 2.28. The number of rotatable bonds is 6. The maximum absolute atomic E-state index is 8.54. The molecule has 0 aliphatic carbocycles. The van der Waals surface area contributed by atoms with Crippen molar-refractivity contribution in [1.82, 2.24) is 4.90 Å². The maximum Gasteiger partial charge on any atom is 0.207 e. The lowest BCUT2D eigenvalue weighted by Crippen LogP contribution is -2.46. The zero-order valence-corrected chi connectivity index (χ0v) is 11.5. The van der Waals surface area contributed by atoms with E-state index in [4.69, 9.17) is 19.5 Å². The van der Waals surface area contributed by atoms with E-state index in [-0.39, 0.29) is 12.6 Å². The Morgan fingerprint density at radius 3 is 2.65 bits per heavy atom. The number of aliphatic imine (C=N–C) groups is 1. The van der Waals surface area contributed by atoms with Crippen LogP contribution in [0.3, 0.4) is 0 Å². The smallest absolute Gasteiger partial charge is 0.207 e. The minimum Gasteiger partial charge on any atom is -0.497 e. The van der Waals surface area contributed by atoms with Crippen molar-refractivity contribution in [1.29, 1.82) is 5.26 Å². The molecule has 0 spiro atoms. The van der Waals surface area contributed by atoms with E-state index in [0.717, 1.165) is 11.3 Å². The van der Waals surface area contributed by atoms with Crippen molar-refractivity contribution in [3.8, 4) is 11.9 Å². The van der Waals surface area contributed by atoms with Gasteiger partial charge in [-0.25, -0.2) is 0 Å². The molecule has 1 aromatic carbocycles. The summed E-state index contributed by atoms with van der Waals surface area (Å²) >= 11 is 0. The van der Waals surface area contributed by atoms with Crippen LogP contribution in [0.1, 0.15) is 12.5 Å². The summed E-state index contributed by atoms with van der Waals surface area (Å²) in [4.78, 5) is 5.48. The highest BCUT2D eigenvalue weighted by atomic mass is 16.9. The predicted octanol–water partition coefficient (Wildman–Crippen LogP) is 1.73. The summed E-state index contributed by atoms with van der Waals surface area (Å²) < 4.78 is 15.9. The lowest BCUT2D eigenvalue weighted by molar-refractivity contribution is -0.376. The molecular weight excluding hydrogens is 258 g/mol. The number of hydrogen-bond donors (Lipinski definition) is 0. The molecule has 2 rings (SSSR count). The van der Waals surface area contributed by atoms with Crippen LogP contribution in [-0.2, 0) is 16.0 Å². The summed E-state index contributed by atoms with van der Waals surface area (Å²) in [6.07, 6.45) is 2.82. The van der Waals surface area contributed by atoms with Crippen LogP contribution in [-0.4, -0.2) is 37.5 Å². The Kier molecular flexibility index (Phi) is 4.93. The van der Waals surface area contributed by atoms with Gasteiger partial charge in [0.05, 0.1) is 13.7 Å². The first-order chi connectivity index (χ1) is 9.71. The Morgan fingerprint density at radius 1 is 1.40 bits per heavy atom. The molecule has 0 N–H and O–H groups in total. The van der Waals surface area contributed by atoms with Crippen molar-refractivity contribution in [3.05, 3.63) is 29.8 Å². The van der Waals surface area contributed by atoms with Crippen LogP contribution in [0.25, 0.3) is 0 Å². The second-order valence-electron chi connectivity index (χ2n) is 4.39. The monoisotopic (exact) mass is 275 g/mol. The molecule has 1 aliphatic heterocycles. The van der Waals surface area contributed by atoms with Crippen LogP contribution in [0.15, 0.2) is 29.3 Å². The van der Waals surface area contributed by atoms with E-state index in [2.05, 4.69) is 4.99 Å². The van der Waals surface area contributed by atoms with Gasteiger partial charge >= 0.3 is 0 Å². The third kappa shape index (κ3) is 3.95. The van der Waals surface area contributed by atoms with Crippen LogP contribution in [0.5, 0.6) is 5.75 Å². The number of methoxy groups -OCH3 is 1. The third-order valence-electron chi connectivity index (χ3n) is 2.89. The van der Waals surface area contributed by atoms with E-state index >= 15 is 0 Å². The number of benzene rings is 1. The number of nitrogens with zero attached hydrogens (tertiary/aromatic N) is 3. The van der Waals surface area contributed by atoms with Crippen LogP contribution in [0.4, 0.5) is 0 Å². The van der Waals surface area contributed by atoms with Gasteiger partial charge in [0.25, 0.3) is 0 Å². The zero-order chi connectivity index (χ0) is 14.4. The molecule has 0 unspecified atom stereocenters. The summed E-state index contributed by atoms with van der Waals surface area (Å²) in [7, 11) is 1.63. The lowest BCUT2D eigenvalue weighted by atomic mass is 10.2. The first-order valence-electron chi connectivity index (χ1n) is 6.31. The third-order valence-corrected chi connectivity index (χ3v) is 2.89. The Balaban J connectivity index is 1.95. The van der Waals surface area contributed by atoms with Crippen molar-refractivity contribution in [2.75, 3.05) is 13.7 Å². The summed E-state index contributed by atoms with van der Waals surface area (Å²) in [5, 5.41) is 8.54. The van der Waals surface area contributed by atoms with Gasteiger partial charge in [0.15, 0.2) is 12.6 Å². The van der Waals surface area contributed by atoms with Gasteiger partial charge in [0.1, 0.15) is 12.1 Å². The predicted molar refractivity (Wildman–Crippen MR) is 72.9 cm³/mol. The molecule has 0 saturated carbocycles. The van der Waals surface area contributed by atoms with Crippen molar-refractivity contribution >= 4 is 6.34 Å². The molecular formula is C14H17N3O3. The topological polar surface area (TPSA) is 67.1 Å². The van der Waals surface area contributed by atoms with Crippen LogP contribution < -0.4 is 4.74 Å². The fourth-order valence-corrected chi connectivity index (χ4v) is 1.94. The van der Waals surface area contributed by atoms with E-state index in [1.165, 1.54) is 6.34 Å². The molecule has 0 atom stereocenters. The first kappa shape index (κ1) is 14.3. The van der Waals surface area contributed by atoms with Gasteiger partial charge in [0.2, 0.25) is 6.19 Å². The standard InChI is InChI=1S/C14H17N3O3/c1-11-19-14(20-11)8-17(10-16-9-15)7-12-3-5-13(18-2)6-4-12/h3-6,10-11,14H,7-8H2,1-2H3/b16-10-. The van der Waals surface area contributed by atoms with E-state index in [0.29, 0.717) is 13.1 Å². The maximum atomic E-state index is 8.54. The minimum atomic E-state index is -0.270. The summed E-state index contributed by atoms with van der Waals surface area (Å²) in [6, 6.07) is 7.73. The van der Waals surface area contributed by atoms with E-state index < -0.39 is 0 Å². The fraction of sp³-hybridized carbons (Fsp3) is 0.429. The molecule has 0 amide bonds. The van der Waals surface area contributed by atoms with Crippen molar-refractivity contribution < 1.29 is 14.2 Å². The molecule has 6 heteroatoms. The van der Waals surface area contributed by atoms with Gasteiger partial charge in [-0.3, -0.25) is 0 Å². The Morgan fingerprint density at radius 2 is 2.10 bits per heavy atom. The molecule has 1 aliphatic rings. The molecule has 1 saturated heterocycles. The second-order valence-corrected chi connectivity index (χ2v) is 4.39. The normalized spacial score (nSPS) is 21.2.